The topological polar surface area (TPSA) is 131 Å². The van der Waals surface area contributed by atoms with Crippen LogP contribution in [0, 0.1) is 0 Å². The van der Waals surface area contributed by atoms with Crippen LogP contribution in [-0.2, 0) is 27.9 Å². The molecule has 10 heteroatoms. The number of hydrogen-bond acceptors (Lipinski definition) is 7. The Morgan fingerprint density at radius 2 is 0.895 bits per heavy atom. The molecule has 2 unspecified atom stereocenters. The van der Waals surface area contributed by atoms with Gasteiger partial charge in [-0.3, -0.25) is 18.6 Å². The third-order valence-electron chi connectivity index (χ3n) is 10.7. The number of carbonyl (C=O) groups is 2. The fraction of sp³-hybridized carbons (Fsp3) is 0.915. The van der Waals surface area contributed by atoms with E-state index in [4.69, 9.17) is 13.8 Å². The Bertz CT molecular complexity index is 948. The van der Waals surface area contributed by atoms with Gasteiger partial charge in [-0.05, 0) is 38.5 Å². The van der Waals surface area contributed by atoms with Crippen molar-refractivity contribution in [2.45, 2.75) is 251 Å². The second-order valence-electron chi connectivity index (χ2n) is 16.4. The van der Waals surface area contributed by atoms with Crippen LogP contribution in [-0.4, -0.2) is 54.3 Å². The Kier molecular flexibility index (Phi) is 43.3. The molecule has 0 heterocycles. The second kappa shape index (κ2) is 44.3. The number of ether oxygens (including phenoxy) is 1. The van der Waals surface area contributed by atoms with E-state index in [2.05, 4.69) is 31.3 Å². The lowest BCUT2D eigenvalue weighted by atomic mass is 10.0. The van der Waals surface area contributed by atoms with Crippen LogP contribution in [0.4, 0.5) is 0 Å². The van der Waals surface area contributed by atoms with E-state index >= 15 is 0 Å². The van der Waals surface area contributed by atoms with E-state index in [1.54, 1.807) is 0 Å². The molecule has 0 aliphatic heterocycles. The van der Waals surface area contributed by atoms with E-state index in [1.807, 2.05) is 0 Å². The first-order valence-electron chi connectivity index (χ1n) is 24.2. The molecule has 0 aromatic carbocycles. The molecule has 0 radical (unpaired) electrons. The molecule has 57 heavy (non-hydrogen) atoms. The molecular weight excluding hydrogens is 737 g/mol. The van der Waals surface area contributed by atoms with Crippen LogP contribution < -0.4 is 5.32 Å². The van der Waals surface area contributed by atoms with Crippen molar-refractivity contribution in [1.29, 1.82) is 0 Å². The summed E-state index contributed by atoms with van der Waals surface area (Å²) in [7, 11) is -4.41. The summed E-state index contributed by atoms with van der Waals surface area (Å²) in [5, 5.41) is 12.7. The molecule has 0 saturated heterocycles. The molecule has 0 saturated carbocycles. The average Bonchev–Trinajstić information content (AvgIpc) is 3.20. The molecule has 0 aliphatic carbocycles. The largest absolute Gasteiger partial charge is 0.472 e. The SMILES string of the molecule is CCCCC/C=C\CCCCCCCC(=O)OCC(O)COP(=O)(O)OCCNC(=O)CCCCCCCCCCCCCCCCCCCCCCCCCC. The van der Waals surface area contributed by atoms with Crippen molar-refractivity contribution in [2.75, 3.05) is 26.4 Å². The first-order chi connectivity index (χ1) is 27.8. The van der Waals surface area contributed by atoms with Crippen molar-refractivity contribution in [1.82, 2.24) is 5.32 Å². The number of esters is 1. The molecule has 3 N–H and O–H groups in total. The summed E-state index contributed by atoms with van der Waals surface area (Å²) >= 11 is 0. The van der Waals surface area contributed by atoms with Gasteiger partial charge in [0.25, 0.3) is 0 Å². The number of carbonyl (C=O) groups excluding carboxylic acids is 2. The van der Waals surface area contributed by atoms with Crippen molar-refractivity contribution in [2.24, 2.45) is 0 Å². The quantitative estimate of drug-likeness (QED) is 0.0239. The molecule has 2 atom stereocenters. The first kappa shape index (κ1) is 55.8. The number of hydrogen-bond donors (Lipinski definition) is 3. The molecule has 1 amide bonds. The minimum atomic E-state index is -4.41. The highest BCUT2D eigenvalue weighted by atomic mass is 31.2. The summed E-state index contributed by atoms with van der Waals surface area (Å²) in [6.45, 7) is 3.56. The fourth-order valence-electron chi connectivity index (χ4n) is 7.02. The molecule has 0 bridgehead atoms. The van der Waals surface area contributed by atoms with E-state index in [0.717, 1.165) is 57.8 Å². The summed E-state index contributed by atoms with van der Waals surface area (Å²) in [6, 6.07) is 0. The summed E-state index contributed by atoms with van der Waals surface area (Å²) in [5.74, 6) is -0.515. The normalized spacial score (nSPS) is 13.3. The van der Waals surface area contributed by atoms with Crippen LogP contribution in [0.3, 0.4) is 0 Å². The maximum Gasteiger partial charge on any atom is 0.472 e. The van der Waals surface area contributed by atoms with Crippen LogP contribution in [0.2, 0.25) is 0 Å². The number of aliphatic hydroxyl groups is 1. The molecular formula is C47H92NO8P. The first-order valence-corrected chi connectivity index (χ1v) is 25.7. The van der Waals surface area contributed by atoms with Gasteiger partial charge in [-0.25, -0.2) is 4.57 Å². The number of rotatable bonds is 46. The van der Waals surface area contributed by atoms with Gasteiger partial charge in [0.2, 0.25) is 5.91 Å². The van der Waals surface area contributed by atoms with Gasteiger partial charge >= 0.3 is 13.8 Å². The van der Waals surface area contributed by atoms with E-state index in [-0.39, 0.29) is 32.1 Å². The third-order valence-corrected chi connectivity index (χ3v) is 11.7. The third kappa shape index (κ3) is 45.7. The fourth-order valence-corrected chi connectivity index (χ4v) is 7.78. The Hall–Kier alpha value is -1.25. The number of phosphoric ester groups is 1. The molecule has 0 aliphatic rings. The summed E-state index contributed by atoms with van der Waals surface area (Å²) in [6.07, 6.45) is 47.3. The maximum absolute atomic E-state index is 12.1. The molecule has 9 nitrogen and oxygen atoms in total. The summed E-state index contributed by atoms with van der Waals surface area (Å²) in [4.78, 5) is 33.9. The number of allylic oxidation sites excluding steroid dienone is 2. The van der Waals surface area contributed by atoms with Crippen LogP contribution >= 0.6 is 7.82 Å². The predicted molar refractivity (Wildman–Crippen MR) is 238 cm³/mol. The summed E-state index contributed by atoms with van der Waals surface area (Å²) in [5.41, 5.74) is 0. The van der Waals surface area contributed by atoms with Crippen molar-refractivity contribution < 1.29 is 37.9 Å². The number of phosphoric acid groups is 1. The molecule has 0 rings (SSSR count). The van der Waals surface area contributed by atoms with Gasteiger partial charge < -0.3 is 20.1 Å². The van der Waals surface area contributed by atoms with E-state index in [0.29, 0.717) is 6.42 Å². The minimum absolute atomic E-state index is 0.0858. The van der Waals surface area contributed by atoms with E-state index in [9.17, 15) is 24.2 Å². The molecule has 0 aromatic heterocycles. The zero-order chi connectivity index (χ0) is 41.8. The van der Waals surface area contributed by atoms with Gasteiger partial charge in [-0.1, -0.05) is 206 Å². The van der Waals surface area contributed by atoms with Gasteiger partial charge in [-0.15, -0.1) is 0 Å². The molecule has 0 fully saturated rings. The highest BCUT2D eigenvalue weighted by Gasteiger charge is 2.23. The Morgan fingerprint density at radius 3 is 1.35 bits per heavy atom. The van der Waals surface area contributed by atoms with Gasteiger partial charge in [0.15, 0.2) is 0 Å². The molecule has 0 spiro atoms. The lowest BCUT2D eigenvalue weighted by Crippen LogP contribution is -2.27. The van der Waals surface area contributed by atoms with Crippen LogP contribution in [0.25, 0.3) is 0 Å². The predicted octanol–water partition coefficient (Wildman–Crippen LogP) is 13.8. The highest BCUT2D eigenvalue weighted by Crippen LogP contribution is 2.42. The smallest absolute Gasteiger partial charge is 0.463 e. The van der Waals surface area contributed by atoms with Crippen LogP contribution in [0.5, 0.6) is 0 Å². The minimum Gasteiger partial charge on any atom is -0.463 e. The zero-order valence-corrected chi connectivity index (χ0v) is 38.2. The summed E-state index contributed by atoms with van der Waals surface area (Å²) < 4.78 is 26.9. The van der Waals surface area contributed by atoms with Gasteiger partial charge in [0.1, 0.15) is 12.7 Å². The van der Waals surface area contributed by atoms with Crippen molar-refractivity contribution in [3.8, 4) is 0 Å². The van der Waals surface area contributed by atoms with Crippen LogP contribution in [0.15, 0.2) is 12.2 Å². The Balaban J connectivity index is 3.49. The highest BCUT2D eigenvalue weighted by molar-refractivity contribution is 7.47. The number of unbranched alkanes of at least 4 members (excludes halogenated alkanes) is 31. The van der Waals surface area contributed by atoms with Crippen molar-refractivity contribution >= 4 is 19.7 Å². The second-order valence-corrected chi connectivity index (χ2v) is 17.9. The van der Waals surface area contributed by atoms with Crippen molar-refractivity contribution in [3.05, 3.63) is 12.2 Å². The number of nitrogens with one attached hydrogen (secondary N) is 1. The zero-order valence-electron chi connectivity index (χ0n) is 37.3. The van der Waals surface area contributed by atoms with E-state index < -0.39 is 26.5 Å². The van der Waals surface area contributed by atoms with Gasteiger partial charge in [-0.2, -0.15) is 0 Å². The maximum atomic E-state index is 12.1. The van der Waals surface area contributed by atoms with E-state index in [1.165, 1.54) is 161 Å². The average molecular weight is 830 g/mol. The van der Waals surface area contributed by atoms with Gasteiger partial charge in [0, 0.05) is 19.4 Å². The number of aliphatic hydroxyl groups excluding tert-OH is 1. The monoisotopic (exact) mass is 830 g/mol. The molecule has 338 valence electrons. The van der Waals surface area contributed by atoms with Gasteiger partial charge in [0.05, 0.1) is 13.2 Å². The lowest BCUT2D eigenvalue weighted by Gasteiger charge is -2.15. The molecule has 0 aromatic rings. The number of amides is 1. The Morgan fingerprint density at radius 1 is 0.526 bits per heavy atom. The van der Waals surface area contributed by atoms with Crippen LogP contribution in [0.1, 0.15) is 245 Å². The van der Waals surface area contributed by atoms with Crippen molar-refractivity contribution in [3.63, 3.8) is 0 Å². The standard InChI is InChI=1S/C47H92NO8P/c1-3-5-7-9-11-13-15-17-18-19-20-21-22-23-24-25-26-27-28-29-31-33-35-37-39-46(50)48-41-42-55-57(52,53)56-44-45(49)43-54-47(51)40-38-36-34-32-30-16-14-12-10-8-6-4-2/h12,14,45,49H,3-11,13,15-44H2,1-2H3,(H,48,50)(H,52,53)/b14-12-. The lowest BCUT2D eigenvalue weighted by molar-refractivity contribution is -0.147. The Labute approximate surface area is 351 Å².